The van der Waals surface area contributed by atoms with E-state index in [0.29, 0.717) is 25.0 Å². The maximum absolute atomic E-state index is 13.0. The first kappa shape index (κ1) is 11.1. The lowest BCUT2D eigenvalue weighted by atomic mass is 9.92. The monoisotopic (exact) mass is 224 g/mol. The van der Waals surface area contributed by atoms with Crippen molar-refractivity contribution in [3.63, 3.8) is 0 Å². The molecule has 86 valence electrons. The summed E-state index contributed by atoms with van der Waals surface area (Å²) in [5, 5.41) is 8.93. The van der Waals surface area contributed by atoms with Gasteiger partial charge in [-0.05, 0) is 30.5 Å². The second-order valence-corrected chi connectivity index (χ2v) is 3.97. The molecule has 0 saturated carbocycles. The SMILES string of the molecule is O=C(O)[C@@H]1CCO[C@H](c2cccc(F)c2)C1. The molecule has 0 spiro atoms. The highest BCUT2D eigenvalue weighted by Gasteiger charge is 2.28. The molecular formula is C12H13FO3. The van der Waals surface area contributed by atoms with Gasteiger partial charge in [0.25, 0.3) is 0 Å². The largest absolute Gasteiger partial charge is 0.481 e. The van der Waals surface area contributed by atoms with Crippen LogP contribution in [0.2, 0.25) is 0 Å². The molecule has 2 atom stereocenters. The first-order valence-corrected chi connectivity index (χ1v) is 5.26. The Morgan fingerprint density at radius 3 is 3.00 bits per heavy atom. The van der Waals surface area contributed by atoms with Gasteiger partial charge in [-0.1, -0.05) is 12.1 Å². The number of hydrogen-bond acceptors (Lipinski definition) is 2. The van der Waals surface area contributed by atoms with Crippen LogP contribution in [0.25, 0.3) is 0 Å². The first-order valence-electron chi connectivity index (χ1n) is 5.26. The van der Waals surface area contributed by atoms with Crippen LogP contribution in [0.5, 0.6) is 0 Å². The lowest BCUT2D eigenvalue weighted by Crippen LogP contribution is -2.25. The Kier molecular flexibility index (Phi) is 3.19. The van der Waals surface area contributed by atoms with Crippen molar-refractivity contribution < 1.29 is 19.0 Å². The van der Waals surface area contributed by atoms with Crippen molar-refractivity contribution in [2.75, 3.05) is 6.61 Å². The van der Waals surface area contributed by atoms with E-state index in [2.05, 4.69) is 0 Å². The van der Waals surface area contributed by atoms with Gasteiger partial charge in [-0.15, -0.1) is 0 Å². The predicted octanol–water partition coefficient (Wildman–Crippen LogP) is 2.38. The molecule has 4 heteroatoms. The Morgan fingerprint density at radius 1 is 1.50 bits per heavy atom. The van der Waals surface area contributed by atoms with Gasteiger partial charge in [-0.2, -0.15) is 0 Å². The van der Waals surface area contributed by atoms with Crippen molar-refractivity contribution in [2.45, 2.75) is 18.9 Å². The van der Waals surface area contributed by atoms with Crippen LogP contribution in [0.15, 0.2) is 24.3 Å². The summed E-state index contributed by atoms with van der Waals surface area (Å²) in [7, 11) is 0. The summed E-state index contributed by atoms with van der Waals surface area (Å²) in [5.74, 6) is -1.51. The highest BCUT2D eigenvalue weighted by atomic mass is 19.1. The maximum atomic E-state index is 13.0. The summed E-state index contributed by atoms with van der Waals surface area (Å²) in [5.41, 5.74) is 0.714. The molecule has 0 amide bonds. The van der Waals surface area contributed by atoms with Gasteiger partial charge in [0.2, 0.25) is 0 Å². The molecule has 2 rings (SSSR count). The molecule has 0 unspecified atom stereocenters. The zero-order chi connectivity index (χ0) is 11.5. The van der Waals surface area contributed by atoms with E-state index in [1.54, 1.807) is 12.1 Å². The van der Waals surface area contributed by atoms with E-state index in [4.69, 9.17) is 9.84 Å². The molecule has 1 aliphatic heterocycles. The van der Waals surface area contributed by atoms with Crippen LogP contribution >= 0.6 is 0 Å². The smallest absolute Gasteiger partial charge is 0.306 e. The van der Waals surface area contributed by atoms with E-state index in [1.807, 2.05) is 0 Å². The Morgan fingerprint density at radius 2 is 2.31 bits per heavy atom. The lowest BCUT2D eigenvalue weighted by molar-refractivity contribution is -0.147. The van der Waals surface area contributed by atoms with Crippen molar-refractivity contribution in [1.82, 2.24) is 0 Å². The summed E-state index contributed by atoms with van der Waals surface area (Å²) in [6.07, 6.45) is 0.644. The van der Waals surface area contributed by atoms with E-state index in [-0.39, 0.29) is 17.8 Å². The second-order valence-electron chi connectivity index (χ2n) is 3.97. The second kappa shape index (κ2) is 4.61. The van der Waals surface area contributed by atoms with E-state index >= 15 is 0 Å². The molecule has 1 N–H and O–H groups in total. The number of carbonyl (C=O) groups is 1. The third-order valence-electron chi connectivity index (χ3n) is 2.85. The molecule has 0 bridgehead atoms. The third kappa shape index (κ3) is 2.39. The van der Waals surface area contributed by atoms with Crippen LogP contribution < -0.4 is 0 Å². The van der Waals surface area contributed by atoms with Gasteiger partial charge >= 0.3 is 5.97 Å². The van der Waals surface area contributed by atoms with E-state index in [9.17, 15) is 9.18 Å². The molecule has 0 aliphatic carbocycles. The normalized spacial score (nSPS) is 25.3. The Labute approximate surface area is 92.9 Å². The lowest BCUT2D eigenvalue weighted by Gasteiger charge is -2.27. The van der Waals surface area contributed by atoms with Crippen molar-refractivity contribution in [3.05, 3.63) is 35.6 Å². The molecule has 3 nitrogen and oxygen atoms in total. The van der Waals surface area contributed by atoms with Gasteiger partial charge < -0.3 is 9.84 Å². The van der Waals surface area contributed by atoms with Gasteiger partial charge in [0.1, 0.15) is 5.82 Å². The zero-order valence-corrected chi connectivity index (χ0v) is 8.73. The molecular weight excluding hydrogens is 211 g/mol. The Hall–Kier alpha value is -1.42. The minimum Gasteiger partial charge on any atom is -0.481 e. The summed E-state index contributed by atoms with van der Waals surface area (Å²) in [4.78, 5) is 10.9. The average molecular weight is 224 g/mol. The van der Waals surface area contributed by atoms with Crippen molar-refractivity contribution >= 4 is 5.97 Å². The number of halogens is 1. The van der Waals surface area contributed by atoms with Crippen molar-refractivity contribution in [1.29, 1.82) is 0 Å². The fourth-order valence-electron chi connectivity index (χ4n) is 1.96. The van der Waals surface area contributed by atoms with Crippen LogP contribution in [0.4, 0.5) is 4.39 Å². The Bertz CT molecular complexity index is 392. The van der Waals surface area contributed by atoms with E-state index in [1.165, 1.54) is 12.1 Å². The number of hydrogen-bond donors (Lipinski definition) is 1. The number of carboxylic acids is 1. The minimum atomic E-state index is -0.801. The summed E-state index contributed by atoms with van der Waals surface area (Å²) in [6.45, 7) is 0.415. The molecule has 0 aromatic heterocycles. The number of rotatable bonds is 2. The van der Waals surface area contributed by atoms with Crippen molar-refractivity contribution in [3.8, 4) is 0 Å². The van der Waals surface area contributed by atoms with Crippen LogP contribution in [-0.2, 0) is 9.53 Å². The van der Waals surface area contributed by atoms with Gasteiger partial charge in [0.15, 0.2) is 0 Å². The van der Waals surface area contributed by atoms with Crippen LogP contribution in [0.3, 0.4) is 0 Å². The van der Waals surface area contributed by atoms with Crippen LogP contribution in [0, 0.1) is 11.7 Å². The number of benzene rings is 1. The maximum Gasteiger partial charge on any atom is 0.306 e. The number of carboxylic acid groups (broad SMARTS) is 1. The topological polar surface area (TPSA) is 46.5 Å². The number of ether oxygens (including phenoxy) is 1. The number of aliphatic carboxylic acids is 1. The van der Waals surface area contributed by atoms with Crippen LogP contribution in [0.1, 0.15) is 24.5 Å². The minimum absolute atomic E-state index is 0.300. The Balaban J connectivity index is 2.12. The zero-order valence-electron chi connectivity index (χ0n) is 8.73. The van der Waals surface area contributed by atoms with Crippen molar-refractivity contribution in [2.24, 2.45) is 5.92 Å². The molecule has 1 aliphatic rings. The molecule has 1 fully saturated rings. The fraction of sp³-hybridized carbons (Fsp3) is 0.417. The summed E-state index contributed by atoms with van der Waals surface area (Å²) < 4.78 is 18.5. The fourth-order valence-corrected chi connectivity index (χ4v) is 1.96. The molecule has 1 saturated heterocycles. The molecule has 16 heavy (non-hydrogen) atoms. The quantitative estimate of drug-likeness (QED) is 0.838. The highest BCUT2D eigenvalue weighted by molar-refractivity contribution is 5.70. The molecule has 1 heterocycles. The molecule has 0 radical (unpaired) electrons. The average Bonchev–Trinajstić information content (AvgIpc) is 2.29. The molecule has 1 aromatic rings. The predicted molar refractivity (Wildman–Crippen MR) is 55.5 cm³/mol. The van der Waals surface area contributed by atoms with Gasteiger partial charge in [0, 0.05) is 6.61 Å². The first-order chi connectivity index (χ1) is 7.66. The summed E-state index contributed by atoms with van der Waals surface area (Å²) in [6, 6.07) is 6.13. The summed E-state index contributed by atoms with van der Waals surface area (Å²) >= 11 is 0. The third-order valence-corrected chi connectivity index (χ3v) is 2.85. The van der Waals surface area contributed by atoms with E-state index < -0.39 is 5.97 Å². The van der Waals surface area contributed by atoms with E-state index in [0.717, 1.165) is 0 Å². The van der Waals surface area contributed by atoms with Crippen LogP contribution in [-0.4, -0.2) is 17.7 Å². The van der Waals surface area contributed by atoms with Gasteiger partial charge in [-0.25, -0.2) is 4.39 Å². The van der Waals surface area contributed by atoms with Gasteiger partial charge in [-0.3, -0.25) is 4.79 Å². The highest BCUT2D eigenvalue weighted by Crippen LogP contribution is 2.31. The standard InChI is InChI=1S/C12H13FO3/c13-10-3-1-2-8(6-10)11-7-9(12(14)15)4-5-16-11/h1-3,6,9,11H,4-5,7H2,(H,14,15)/t9-,11+/m1/s1. The molecule has 1 aromatic carbocycles. The van der Waals surface area contributed by atoms with Gasteiger partial charge in [0.05, 0.1) is 12.0 Å².